The van der Waals surface area contributed by atoms with Crippen LogP contribution in [0.1, 0.15) is 85.3 Å². The summed E-state index contributed by atoms with van der Waals surface area (Å²) in [5, 5.41) is 12.4. The molecule has 9 heteroatoms. The first-order chi connectivity index (χ1) is 25.3. The molecule has 9 nitrogen and oxygen atoms in total. The minimum atomic E-state index is -1.11. The molecule has 1 fully saturated rings. The maximum Gasteiger partial charge on any atom is 0.323 e. The van der Waals surface area contributed by atoms with Crippen molar-refractivity contribution in [2.75, 3.05) is 19.0 Å². The largest absolute Gasteiger partial charge is 0.497 e. The number of carboxylic acid groups (broad SMARTS) is 1. The van der Waals surface area contributed by atoms with Crippen LogP contribution < -0.4 is 10.1 Å². The number of aliphatic carboxylic acids is 1. The highest BCUT2D eigenvalue weighted by molar-refractivity contribution is 5.97. The van der Waals surface area contributed by atoms with Gasteiger partial charge in [0.15, 0.2) is 5.82 Å². The first-order valence-corrected chi connectivity index (χ1v) is 18.4. The zero-order valence-corrected chi connectivity index (χ0v) is 30.1. The van der Waals surface area contributed by atoms with Gasteiger partial charge in [0.1, 0.15) is 12.3 Å². The van der Waals surface area contributed by atoms with Crippen molar-refractivity contribution in [1.82, 2.24) is 14.9 Å². The van der Waals surface area contributed by atoms with Crippen LogP contribution in [0, 0.1) is 17.8 Å². The number of amides is 2. The fourth-order valence-electron chi connectivity index (χ4n) is 7.65. The van der Waals surface area contributed by atoms with Gasteiger partial charge in [-0.25, -0.2) is 9.97 Å². The highest BCUT2D eigenvalue weighted by Crippen LogP contribution is 2.41. The molecule has 2 aliphatic carbocycles. The van der Waals surface area contributed by atoms with Crippen LogP contribution in [-0.4, -0.2) is 51.4 Å². The van der Waals surface area contributed by atoms with E-state index in [9.17, 15) is 19.5 Å². The van der Waals surface area contributed by atoms with E-state index < -0.39 is 18.4 Å². The average molecular weight is 701 g/mol. The minimum absolute atomic E-state index is 0.111. The third kappa shape index (κ3) is 9.51. The lowest BCUT2D eigenvalue weighted by molar-refractivity contribution is -0.137. The number of rotatable bonds is 13. The molecule has 0 saturated heterocycles. The summed E-state index contributed by atoms with van der Waals surface area (Å²) in [5.41, 5.74) is 5.71. The van der Waals surface area contributed by atoms with Gasteiger partial charge in [-0.2, -0.15) is 0 Å². The summed E-state index contributed by atoms with van der Waals surface area (Å²) in [7, 11) is 1.57. The zero-order valence-electron chi connectivity index (χ0n) is 30.1. The van der Waals surface area contributed by atoms with Gasteiger partial charge in [0.05, 0.1) is 13.5 Å². The summed E-state index contributed by atoms with van der Waals surface area (Å²) >= 11 is 0. The van der Waals surface area contributed by atoms with Crippen molar-refractivity contribution < 1.29 is 24.2 Å². The molecule has 2 aliphatic rings. The van der Waals surface area contributed by atoms with Crippen LogP contribution in [-0.2, 0) is 22.6 Å². The smallest absolute Gasteiger partial charge is 0.323 e. The van der Waals surface area contributed by atoms with Crippen LogP contribution in [0.25, 0.3) is 17.0 Å². The number of benzene rings is 3. The predicted octanol–water partition coefficient (Wildman–Crippen LogP) is 8.46. The van der Waals surface area contributed by atoms with E-state index in [4.69, 9.17) is 4.74 Å². The quantitative estimate of drug-likeness (QED) is 0.144. The lowest BCUT2D eigenvalue weighted by atomic mass is 9.71. The number of hydrogen-bond acceptors (Lipinski definition) is 6. The van der Waals surface area contributed by atoms with E-state index in [0.717, 1.165) is 52.8 Å². The highest BCUT2D eigenvalue weighted by atomic mass is 16.5. The Labute approximate surface area is 306 Å². The number of nitrogens with one attached hydrogen (secondary N) is 1. The molecule has 52 heavy (non-hydrogen) atoms. The van der Waals surface area contributed by atoms with E-state index in [0.29, 0.717) is 22.8 Å². The zero-order chi connectivity index (χ0) is 36.5. The molecule has 3 aromatic carbocycles. The van der Waals surface area contributed by atoms with Crippen molar-refractivity contribution in [2.45, 2.75) is 71.3 Å². The molecular formula is C43H48N4O5. The van der Waals surface area contributed by atoms with E-state index in [1.165, 1.54) is 49.0 Å². The number of nitrogens with zero attached hydrogens (tertiary/aromatic N) is 3. The molecule has 1 heterocycles. The molecule has 0 spiro atoms. The first kappa shape index (κ1) is 36.5. The highest BCUT2D eigenvalue weighted by Gasteiger charge is 2.28. The van der Waals surface area contributed by atoms with Crippen molar-refractivity contribution in [1.29, 1.82) is 0 Å². The van der Waals surface area contributed by atoms with Crippen LogP contribution in [0.5, 0.6) is 5.75 Å². The number of methoxy groups -OCH3 is 1. The SMILES string of the molecule is CC[C@H]1CC[C@H](C2CC=C(c3cnc(-c4ccc(CN(CC(=O)O)C(=O)c5ccc(NC(=O)Cc6cccc(OC)c6)cc5)cc4)nc3)CC2)CC1. The van der Waals surface area contributed by atoms with E-state index in [1.807, 2.05) is 54.9 Å². The fraction of sp³-hybridized carbons (Fsp3) is 0.372. The van der Waals surface area contributed by atoms with Gasteiger partial charge < -0.3 is 20.1 Å². The number of hydrogen-bond donors (Lipinski definition) is 2. The predicted molar refractivity (Wildman–Crippen MR) is 203 cm³/mol. The van der Waals surface area contributed by atoms with Crippen molar-refractivity contribution in [3.8, 4) is 17.1 Å². The Morgan fingerprint density at radius 1 is 0.865 bits per heavy atom. The summed E-state index contributed by atoms with van der Waals surface area (Å²) < 4.78 is 5.22. The molecule has 0 bridgehead atoms. The summed E-state index contributed by atoms with van der Waals surface area (Å²) in [5.74, 6) is 2.16. The van der Waals surface area contributed by atoms with Gasteiger partial charge in [-0.1, -0.05) is 68.7 Å². The molecular weight excluding hydrogens is 652 g/mol. The lowest BCUT2D eigenvalue weighted by Crippen LogP contribution is -2.35. The van der Waals surface area contributed by atoms with Gasteiger partial charge in [0.2, 0.25) is 5.91 Å². The third-order valence-electron chi connectivity index (χ3n) is 10.7. The molecule has 0 radical (unpaired) electrons. The molecule has 2 amide bonds. The standard InChI is InChI=1S/C43H48N4O5/c1-3-29-7-11-32(12-8-29)33-15-17-34(18-16-33)37-25-44-42(45-26-37)35-13-9-30(10-14-35)27-47(28-41(49)50)43(51)36-19-21-38(22-20-36)46-40(48)24-31-5-4-6-39(23-31)52-2/h4-6,9-10,13-14,17,19-23,25-26,29,32-33H,3,7-8,11-12,15-16,18,24,27-28H2,1-2H3,(H,46,48)(H,49,50)/t29-,32-,33?. The third-order valence-corrected chi connectivity index (χ3v) is 10.7. The van der Waals surface area contributed by atoms with Crippen LogP contribution in [0.2, 0.25) is 0 Å². The molecule has 4 aromatic rings. The maximum atomic E-state index is 13.4. The van der Waals surface area contributed by atoms with Gasteiger partial charge in [-0.05, 0) is 103 Å². The Balaban J connectivity index is 1.03. The number of ether oxygens (including phenoxy) is 1. The number of aromatic nitrogens is 2. The fourth-order valence-corrected chi connectivity index (χ4v) is 7.65. The summed E-state index contributed by atoms with van der Waals surface area (Å²) in [6.07, 6.45) is 16.8. The molecule has 1 aromatic heterocycles. The number of carbonyl (C=O) groups is 3. The van der Waals surface area contributed by atoms with E-state index in [2.05, 4.69) is 28.3 Å². The number of anilines is 1. The van der Waals surface area contributed by atoms with E-state index in [-0.39, 0.29) is 18.9 Å². The molecule has 1 atom stereocenters. The second-order valence-corrected chi connectivity index (χ2v) is 14.2. The van der Waals surface area contributed by atoms with Crippen LogP contribution in [0.3, 0.4) is 0 Å². The Bertz CT molecular complexity index is 1860. The van der Waals surface area contributed by atoms with Crippen molar-refractivity contribution in [2.24, 2.45) is 17.8 Å². The Kier molecular flexibility index (Phi) is 12.1. The first-order valence-electron chi connectivity index (χ1n) is 18.4. The Hall–Kier alpha value is -5.31. The van der Waals surface area contributed by atoms with E-state index >= 15 is 0 Å². The molecule has 0 aliphatic heterocycles. The van der Waals surface area contributed by atoms with Gasteiger partial charge in [-0.15, -0.1) is 0 Å². The minimum Gasteiger partial charge on any atom is -0.497 e. The van der Waals surface area contributed by atoms with Crippen LogP contribution in [0.4, 0.5) is 5.69 Å². The summed E-state index contributed by atoms with van der Waals surface area (Å²) in [6.45, 7) is 1.98. The monoisotopic (exact) mass is 700 g/mol. The van der Waals surface area contributed by atoms with Gasteiger partial charge in [-0.3, -0.25) is 14.4 Å². The lowest BCUT2D eigenvalue weighted by Gasteiger charge is -2.35. The Morgan fingerprint density at radius 2 is 1.60 bits per heavy atom. The van der Waals surface area contributed by atoms with Gasteiger partial charge >= 0.3 is 5.97 Å². The number of carbonyl (C=O) groups excluding carboxylic acids is 2. The topological polar surface area (TPSA) is 122 Å². The van der Waals surface area contributed by atoms with Crippen LogP contribution in [0.15, 0.2) is 91.3 Å². The van der Waals surface area contributed by atoms with Gasteiger partial charge in [0, 0.05) is 41.3 Å². The number of carboxylic acids is 1. The molecule has 270 valence electrons. The average Bonchev–Trinajstić information content (AvgIpc) is 3.18. The molecule has 2 N–H and O–H groups in total. The second-order valence-electron chi connectivity index (χ2n) is 14.2. The van der Waals surface area contributed by atoms with E-state index in [1.54, 1.807) is 37.4 Å². The molecule has 6 rings (SSSR count). The Morgan fingerprint density at radius 3 is 2.23 bits per heavy atom. The summed E-state index contributed by atoms with van der Waals surface area (Å²) in [6, 6.07) is 21.3. The van der Waals surface area contributed by atoms with Crippen molar-refractivity contribution in [3.05, 3.63) is 114 Å². The molecule has 1 saturated carbocycles. The van der Waals surface area contributed by atoms with Gasteiger partial charge in [0.25, 0.3) is 5.91 Å². The molecule has 1 unspecified atom stereocenters. The van der Waals surface area contributed by atoms with Crippen molar-refractivity contribution >= 4 is 29.0 Å². The van der Waals surface area contributed by atoms with Crippen molar-refractivity contribution in [3.63, 3.8) is 0 Å². The normalized spacial score (nSPS) is 18.6. The summed E-state index contributed by atoms with van der Waals surface area (Å²) in [4.78, 5) is 48.4. The second kappa shape index (κ2) is 17.3. The van der Waals surface area contributed by atoms with Crippen LogP contribution >= 0.6 is 0 Å². The maximum absolute atomic E-state index is 13.4. The number of allylic oxidation sites excluding steroid dienone is 2.